The third kappa shape index (κ3) is 4.00. The fourth-order valence-corrected chi connectivity index (χ4v) is 8.65. The van der Waals surface area contributed by atoms with E-state index in [2.05, 4.69) is 20.8 Å². The Hall–Kier alpha value is 0.430. The van der Waals surface area contributed by atoms with Crippen molar-refractivity contribution in [2.45, 2.75) is 116 Å². The lowest BCUT2D eigenvalue weighted by molar-refractivity contribution is 0.0146. The summed E-state index contributed by atoms with van der Waals surface area (Å²) in [6.45, 7) is 7.33. The van der Waals surface area contributed by atoms with Crippen molar-refractivity contribution in [1.82, 2.24) is 0 Å². The molecule has 4 fully saturated rings. The Morgan fingerprint density at radius 1 is 0.760 bits per heavy atom. The highest BCUT2D eigenvalue weighted by Crippen LogP contribution is 2.58. The van der Waals surface area contributed by atoms with E-state index in [0.29, 0.717) is 0 Å². The van der Waals surface area contributed by atoms with Gasteiger partial charge >= 0.3 is 0 Å². The van der Waals surface area contributed by atoms with Crippen LogP contribution in [-0.2, 0) is 0 Å². The van der Waals surface area contributed by atoms with Crippen LogP contribution in [0.25, 0.3) is 0 Å². The molecule has 0 radical (unpaired) electrons. The Labute approximate surface area is 159 Å². The van der Waals surface area contributed by atoms with E-state index in [1.54, 1.807) is 64.2 Å². The van der Waals surface area contributed by atoms with Gasteiger partial charge in [0.05, 0.1) is 0 Å². The molecule has 3 aliphatic carbocycles. The summed E-state index contributed by atoms with van der Waals surface area (Å²) >= 11 is 0. The summed E-state index contributed by atoms with van der Waals surface area (Å²) in [6, 6.07) is 0. The van der Waals surface area contributed by atoms with Gasteiger partial charge in [-0.05, 0) is 117 Å². The van der Waals surface area contributed by atoms with E-state index in [-0.39, 0.29) is 0 Å². The van der Waals surface area contributed by atoms with E-state index in [1.165, 1.54) is 33.5 Å². The Balaban J connectivity index is 1.17. The van der Waals surface area contributed by atoms with Gasteiger partial charge in [-0.3, -0.25) is 0 Å². The standard InChI is InChI=1S/C24H43P/c1-4-12-24(5-2)13-10-19(11-14-24)22-15-21(16-22)18-6-8-20(9-7-18)23-17(3)25-23/h17-23,25H,4-16H2,1-3H3. The first-order valence-electron chi connectivity index (χ1n) is 11.9. The van der Waals surface area contributed by atoms with Crippen LogP contribution < -0.4 is 0 Å². The maximum Gasteiger partial charge on any atom is -0.0143 e. The second kappa shape index (κ2) is 7.81. The second-order valence-electron chi connectivity index (χ2n) is 10.6. The summed E-state index contributed by atoms with van der Waals surface area (Å²) in [4.78, 5) is 0. The first kappa shape index (κ1) is 18.8. The minimum absolute atomic E-state index is 0.743. The van der Waals surface area contributed by atoms with Crippen LogP contribution in [-0.4, -0.2) is 11.3 Å². The summed E-state index contributed by atoms with van der Waals surface area (Å²) in [5.41, 5.74) is 3.01. The highest BCUT2D eigenvalue weighted by molar-refractivity contribution is 7.48. The SMILES string of the molecule is CCCC1(CC)CCC(C2CC(C3CCC(C4PC4C)CC3)C2)CC1. The molecule has 0 aromatic carbocycles. The molecule has 0 spiro atoms. The maximum absolute atomic E-state index is 2.49. The van der Waals surface area contributed by atoms with Crippen LogP contribution in [0.5, 0.6) is 0 Å². The van der Waals surface area contributed by atoms with Crippen molar-refractivity contribution in [3.8, 4) is 0 Å². The van der Waals surface area contributed by atoms with Gasteiger partial charge in [-0.1, -0.05) is 33.6 Å². The number of hydrogen-bond donors (Lipinski definition) is 0. The predicted octanol–water partition coefficient (Wildman–Crippen LogP) is 7.65. The van der Waals surface area contributed by atoms with Crippen molar-refractivity contribution in [2.24, 2.45) is 35.0 Å². The van der Waals surface area contributed by atoms with Crippen LogP contribution in [0.1, 0.15) is 104 Å². The second-order valence-corrected chi connectivity index (χ2v) is 12.5. The molecule has 0 aromatic rings. The Morgan fingerprint density at radius 2 is 1.28 bits per heavy atom. The minimum atomic E-state index is 0.743. The van der Waals surface area contributed by atoms with Crippen molar-refractivity contribution < 1.29 is 0 Å². The van der Waals surface area contributed by atoms with Crippen LogP contribution in [0.15, 0.2) is 0 Å². The number of rotatable bonds is 6. The summed E-state index contributed by atoms with van der Waals surface area (Å²) in [5.74, 6) is 5.64. The monoisotopic (exact) mass is 362 g/mol. The van der Waals surface area contributed by atoms with Crippen LogP contribution in [0.3, 0.4) is 0 Å². The Bertz CT molecular complexity index is 421. The lowest BCUT2D eigenvalue weighted by atomic mass is 9.56. The van der Waals surface area contributed by atoms with Crippen molar-refractivity contribution in [2.75, 3.05) is 0 Å². The zero-order valence-corrected chi connectivity index (χ0v) is 18.2. The van der Waals surface area contributed by atoms with Crippen LogP contribution in [0, 0.1) is 35.0 Å². The van der Waals surface area contributed by atoms with Crippen LogP contribution in [0.2, 0.25) is 0 Å². The van der Waals surface area contributed by atoms with E-state index in [9.17, 15) is 0 Å². The first-order chi connectivity index (χ1) is 12.1. The molecule has 3 unspecified atom stereocenters. The van der Waals surface area contributed by atoms with Crippen molar-refractivity contribution >= 4 is 8.58 Å². The molecule has 1 saturated heterocycles. The van der Waals surface area contributed by atoms with E-state index < -0.39 is 0 Å². The van der Waals surface area contributed by atoms with Crippen LogP contribution >= 0.6 is 8.58 Å². The molecule has 3 atom stereocenters. The fraction of sp³-hybridized carbons (Fsp3) is 1.00. The quantitative estimate of drug-likeness (QED) is 0.425. The van der Waals surface area contributed by atoms with E-state index >= 15 is 0 Å². The van der Waals surface area contributed by atoms with E-state index in [1.807, 2.05) is 0 Å². The summed E-state index contributed by atoms with van der Waals surface area (Å²) in [7, 11) is 1.32. The van der Waals surface area contributed by atoms with Crippen LogP contribution in [0.4, 0.5) is 0 Å². The van der Waals surface area contributed by atoms with Gasteiger partial charge in [0, 0.05) is 0 Å². The van der Waals surface area contributed by atoms with Gasteiger partial charge in [-0.2, -0.15) is 0 Å². The third-order valence-electron chi connectivity index (χ3n) is 9.37. The Kier molecular flexibility index (Phi) is 5.87. The Morgan fingerprint density at radius 3 is 1.76 bits per heavy atom. The molecule has 0 N–H and O–H groups in total. The first-order valence-corrected chi connectivity index (χ1v) is 13.1. The normalized spacial score (nSPS) is 51.2. The lowest BCUT2D eigenvalue weighted by Gasteiger charge is -2.49. The molecular weight excluding hydrogens is 319 g/mol. The molecule has 1 aliphatic heterocycles. The topological polar surface area (TPSA) is 0 Å². The molecule has 0 bridgehead atoms. The minimum Gasteiger partial charge on any atom is -0.114 e. The lowest BCUT2D eigenvalue weighted by Crippen LogP contribution is -2.39. The molecule has 4 aliphatic rings. The van der Waals surface area contributed by atoms with Crippen molar-refractivity contribution in [1.29, 1.82) is 0 Å². The maximum atomic E-state index is 2.49. The average Bonchev–Trinajstić information content (AvgIpc) is 3.33. The fourth-order valence-electron chi connectivity index (χ4n) is 7.28. The summed E-state index contributed by atoms with van der Waals surface area (Å²) < 4.78 is 0. The van der Waals surface area contributed by atoms with Gasteiger partial charge in [-0.15, -0.1) is 8.58 Å². The zero-order valence-electron chi connectivity index (χ0n) is 17.2. The molecule has 1 heteroatoms. The van der Waals surface area contributed by atoms with Gasteiger partial charge < -0.3 is 0 Å². The van der Waals surface area contributed by atoms with Crippen molar-refractivity contribution in [3.05, 3.63) is 0 Å². The molecular formula is C24H43P. The molecule has 25 heavy (non-hydrogen) atoms. The van der Waals surface area contributed by atoms with Gasteiger partial charge in [0.1, 0.15) is 0 Å². The zero-order chi connectivity index (χ0) is 17.4. The average molecular weight is 363 g/mol. The van der Waals surface area contributed by atoms with E-state index in [0.717, 1.165) is 40.7 Å². The predicted molar refractivity (Wildman–Crippen MR) is 113 cm³/mol. The molecule has 4 rings (SSSR count). The number of hydrogen-bond acceptors (Lipinski definition) is 0. The summed E-state index contributed by atoms with van der Waals surface area (Å²) in [6.07, 6.45) is 20.2. The highest BCUT2D eigenvalue weighted by atomic mass is 31.1. The van der Waals surface area contributed by atoms with Gasteiger partial charge in [0.15, 0.2) is 0 Å². The molecule has 1 heterocycles. The van der Waals surface area contributed by atoms with Crippen molar-refractivity contribution in [3.63, 3.8) is 0 Å². The third-order valence-corrected chi connectivity index (χ3v) is 11.2. The highest BCUT2D eigenvalue weighted by Gasteiger charge is 2.45. The smallest absolute Gasteiger partial charge is 0.0143 e. The van der Waals surface area contributed by atoms with Gasteiger partial charge in [0.25, 0.3) is 0 Å². The molecule has 0 nitrogen and oxygen atoms in total. The molecule has 0 amide bonds. The van der Waals surface area contributed by atoms with Gasteiger partial charge in [-0.25, -0.2) is 0 Å². The largest absolute Gasteiger partial charge is 0.114 e. The molecule has 144 valence electrons. The molecule has 3 saturated carbocycles. The van der Waals surface area contributed by atoms with Gasteiger partial charge in [0.2, 0.25) is 0 Å². The molecule has 0 aromatic heterocycles. The summed E-state index contributed by atoms with van der Waals surface area (Å²) in [5, 5.41) is 0. The van der Waals surface area contributed by atoms with E-state index in [4.69, 9.17) is 0 Å².